The Morgan fingerprint density at radius 2 is 2.28 bits per heavy atom. The van der Waals surface area contributed by atoms with Crippen molar-refractivity contribution in [3.63, 3.8) is 0 Å². The molecule has 0 aliphatic rings. The second kappa shape index (κ2) is 7.66. The number of nitrogen functional groups attached to an aromatic ring is 1. The Morgan fingerprint density at radius 3 is 2.94 bits per heavy atom. The molecule has 0 saturated carbocycles. The fourth-order valence-electron chi connectivity index (χ4n) is 1.35. The van der Waals surface area contributed by atoms with Crippen LogP contribution >= 0.6 is 0 Å². The summed E-state index contributed by atoms with van der Waals surface area (Å²) in [5.41, 5.74) is 6.30. The number of carbonyl (C=O) groups excluding carboxylic acids is 1. The number of hydrogen-bond acceptors (Lipinski definition) is 4. The third-order valence-electron chi connectivity index (χ3n) is 2.43. The number of nitrogens with one attached hydrogen (secondary N) is 1. The van der Waals surface area contributed by atoms with Gasteiger partial charge in [-0.15, -0.1) is 0 Å². The summed E-state index contributed by atoms with van der Waals surface area (Å²) >= 11 is 0. The van der Waals surface area contributed by atoms with Crippen molar-refractivity contribution >= 4 is 11.6 Å². The summed E-state index contributed by atoms with van der Waals surface area (Å²) in [4.78, 5) is 15.6. The molecule has 0 bridgehead atoms. The maximum atomic E-state index is 11.7. The molecular formula is C13H21N3O2. The Labute approximate surface area is 108 Å². The lowest BCUT2D eigenvalue weighted by molar-refractivity contribution is 0.0902. The molecule has 5 nitrogen and oxygen atoms in total. The van der Waals surface area contributed by atoms with E-state index in [2.05, 4.69) is 24.1 Å². The number of carbonyl (C=O) groups is 1. The third-order valence-corrected chi connectivity index (χ3v) is 2.43. The van der Waals surface area contributed by atoms with Crippen LogP contribution in [0.2, 0.25) is 0 Å². The minimum Gasteiger partial charge on any atom is -0.397 e. The molecule has 1 aromatic heterocycles. The van der Waals surface area contributed by atoms with Gasteiger partial charge in [0.2, 0.25) is 0 Å². The number of ether oxygens (including phenoxy) is 1. The van der Waals surface area contributed by atoms with Gasteiger partial charge in [-0.05, 0) is 24.5 Å². The Bertz CT molecular complexity index is 380. The Hall–Kier alpha value is -1.62. The van der Waals surface area contributed by atoms with Crippen LogP contribution < -0.4 is 11.1 Å². The quantitative estimate of drug-likeness (QED) is 0.719. The van der Waals surface area contributed by atoms with Crippen molar-refractivity contribution in [3.05, 3.63) is 24.0 Å². The van der Waals surface area contributed by atoms with Crippen LogP contribution in [0.1, 0.15) is 30.8 Å². The zero-order valence-corrected chi connectivity index (χ0v) is 11.0. The van der Waals surface area contributed by atoms with Crippen LogP contribution in [-0.4, -0.2) is 30.6 Å². The highest BCUT2D eigenvalue weighted by molar-refractivity contribution is 5.96. The van der Waals surface area contributed by atoms with E-state index in [1.807, 2.05) is 0 Å². The van der Waals surface area contributed by atoms with E-state index in [1.165, 1.54) is 0 Å². The molecule has 100 valence electrons. The highest BCUT2D eigenvalue weighted by atomic mass is 16.5. The summed E-state index contributed by atoms with van der Waals surface area (Å²) in [5, 5.41) is 2.72. The number of rotatable bonds is 7. The van der Waals surface area contributed by atoms with E-state index in [9.17, 15) is 4.79 Å². The zero-order chi connectivity index (χ0) is 13.4. The van der Waals surface area contributed by atoms with Gasteiger partial charge in [0, 0.05) is 19.3 Å². The van der Waals surface area contributed by atoms with E-state index in [0.29, 0.717) is 24.8 Å². The summed E-state index contributed by atoms with van der Waals surface area (Å²) in [6.45, 7) is 5.99. The standard InChI is InChI=1S/C13H21N3O2/c1-10(2)5-8-18-9-7-16-13(17)12-11(14)4-3-6-15-12/h3-4,6,10H,5,7-9,14H2,1-2H3,(H,16,17). The highest BCUT2D eigenvalue weighted by Gasteiger charge is 2.09. The van der Waals surface area contributed by atoms with Crippen molar-refractivity contribution < 1.29 is 9.53 Å². The van der Waals surface area contributed by atoms with Crippen LogP contribution in [0.5, 0.6) is 0 Å². The fraction of sp³-hybridized carbons (Fsp3) is 0.538. The van der Waals surface area contributed by atoms with Gasteiger partial charge in [0.1, 0.15) is 0 Å². The molecular weight excluding hydrogens is 230 g/mol. The molecule has 0 radical (unpaired) electrons. The predicted molar refractivity (Wildman–Crippen MR) is 71.3 cm³/mol. The van der Waals surface area contributed by atoms with Gasteiger partial charge in [0.15, 0.2) is 5.69 Å². The molecule has 1 aromatic rings. The normalized spacial score (nSPS) is 10.6. The number of anilines is 1. The Balaban J connectivity index is 2.20. The third kappa shape index (κ3) is 5.14. The van der Waals surface area contributed by atoms with Crippen molar-refractivity contribution in [1.82, 2.24) is 10.3 Å². The van der Waals surface area contributed by atoms with E-state index in [1.54, 1.807) is 18.3 Å². The van der Waals surface area contributed by atoms with Gasteiger partial charge in [-0.3, -0.25) is 4.79 Å². The number of nitrogens with two attached hydrogens (primary N) is 1. The van der Waals surface area contributed by atoms with Crippen molar-refractivity contribution in [3.8, 4) is 0 Å². The topological polar surface area (TPSA) is 77.2 Å². The molecule has 0 aliphatic heterocycles. The van der Waals surface area contributed by atoms with Gasteiger partial charge in [0.25, 0.3) is 5.91 Å². The van der Waals surface area contributed by atoms with Gasteiger partial charge in [-0.2, -0.15) is 0 Å². The SMILES string of the molecule is CC(C)CCOCCNC(=O)c1ncccc1N. The monoisotopic (exact) mass is 251 g/mol. The largest absolute Gasteiger partial charge is 0.397 e. The molecule has 0 atom stereocenters. The van der Waals surface area contributed by atoms with Gasteiger partial charge in [-0.25, -0.2) is 4.98 Å². The molecule has 0 fully saturated rings. The molecule has 1 rings (SSSR count). The Morgan fingerprint density at radius 1 is 1.50 bits per heavy atom. The summed E-state index contributed by atoms with van der Waals surface area (Å²) in [7, 11) is 0. The first-order valence-corrected chi connectivity index (χ1v) is 6.17. The van der Waals surface area contributed by atoms with Gasteiger partial charge < -0.3 is 15.8 Å². The number of pyridine rings is 1. The van der Waals surface area contributed by atoms with Crippen molar-refractivity contribution in [2.75, 3.05) is 25.5 Å². The van der Waals surface area contributed by atoms with E-state index in [4.69, 9.17) is 10.5 Å². The lowest BCUT2D eigenvalue weighted by Crippen LogP contribution is -2.28. The second-order valence-corrected chi connectivity index (χ2v) is 4.49. The number of hydrogen-bond donors (Lipinski definition) is 2. The minimum absolute atomic E-state index is 0.263. The van der Waals surface area contributed by atoms with Crippen LogP contribution in [0, 0.1) is 5.92 Å². The molecule has 1 heterocycles. The van der Waals surface area contributed by atoms with Crippen LogP contribution in [-0.2, 0) is 4.74 Å². The lowest BCUT2D eigenvalue weighted by atomic mass is 10.1. The first-order chi connectivity index (χ1) is 8.61. The molecule has 3 N–H and O–H groups in total. The molecule has 5 heteroatoms. The van der Waals surface area contributed by atoms with E-state index < -0.39 is 0 Å². The van der Waals surface area contributed by atoms with E-state index in [0.717, 1.165) is 13.0 Å². The highest BCUT2D eigenvalue weighted by Crippen LogP contribution is 2.05. The number of aromatic nitrogens is 1. The fourth-order valence-corrected chi connectivity index (χ4v) is 1.35. The lowest BCUT2D eigenvalue weighted by Gasteiger charge is -2.08. The maximum absolute atomic E-state index is 11.7. The molecule has 0 aliphatic carbocycles. The molecule has 0 spiro atoms. The maximum Gasteiger partial charge on any atom is 0.272 e. The number of nitrogens with zero attached hydrogens (tertiary/aromatic N) is 1. The molecule has 0 unspecified atom stereocenters. The summed E-state index contributed by atoms with van der Waals surface area (Å²) < 4.78 is 5.39. The first kappa shape index (κ1) is 14.4. The minimum atomic E-state index is -0.263. The smallest absolute Gasteiger partial charge is 0.272 e. The second-order valence-electron chi connectivity index (χ2n) is 4.49. The Kier molecular flexibility index (Phi) is 6.14. The van der Waals surface area contributed by atoms with Crippen LogP contribution in [0.4, 0.5) is 5.69 Å². The van der Waals surface area contributed by atoms with E-state index >= 15 is 0 Å². The van der Waals surface area contributed by atoms with Crippen LogP contribution in [0.3, 0.4) is 0 Å². The van der Waals surface area contributed by atoms with Gasteiger partial charge in [0.05, 0.1) is 12.3 Å². The van der Waals surface area contributed by atoms with Crippen molar-refractivity contribution in [2.45, 2.75) is 20.3 Å². The van der Waals surface area contributed by atoms with Crippen LogP contribution in [0.25, 0.3) is 0 Å². The molecule has 0 aromatic carbocycles. The summed E-state index contributed by atoms with van der Waals surface area (Å²) in [6, 6.07) is 3.35. The van der Waals surface area contributed by atoms with Crippen LogP contribution in [0.15, 0.2) is 18.3 Å². The average Bonchev–Trinajstić information content (AvgIpc) is 2.33. The predicted octanol–water partition coefficient (Wildman–Crippen LogP) is 1.46. The van der Waals surface area contributed by atoms with Crippen molar-refractivity contribution in [1.29, 1.82) is 0 Å². The van der Waals surface area contributed by atoms with Crippen molar-refractivity contribution in [2.24, 2.45) is 5.92 Å². The van der Waals surface area contributed by atoms with Gasteiger partial charge in [-0.1, -0.05) is 13.8 Å². The summed E-state index contributed by atoms with van der Waals surface area (Å²) in [6.07, 6.45) is 2.57. The number of amides is 1. The summed E-state index contributed by atoms with van der Waals surface area (Å²) in [5.74, 6) is 0.369. The molecule has 18 heavy (non-hydrogen) atoms. The average molecular weight is 251 g/mol. The van der Waals surface area contributed by atoms with Gasteiger partial charge >= 0.3 is 0 Å². The zero-order valence-electron chi connectivity index (χ0n) is 11.0. The molecule has 1 amide bonds. The molecule has 0 saturated heterocycles. The van der Waals surface area contributed by atoms with E-state index in [-0.39, 0.29) is 11.6 Å². The first-order valence-electron chi connectivity index (χ1n) is 6.17.